The minimum atomic E-state index is -4.63. The Hall–Kier alpha value is -1.46. The predicted octanol–water partition coefficient (Wildman–Crippen LogP) is 3.32. The Bertz CT molecular complexity index is 430. The van der Waals surface area contributed by atoms with Gasteiger partial charge in [-0.15, -0.1) is 0 Å². The lowest BCUT2D eigenvalue weighted by Crippen LogP contribution is -2.19. The summed E-state index contributed by atoms with van der Waals surface area (Å²) in [5.41, 5.74) is -1.69. The molecule has 1 fully saturated rings. The van der Waals surface area contributed by atoms with Crippen LogP contribution in [0.15, 0.2) is 12.3 Å². The van der Waals surface area contributed by atoms with Crippen molar-refractivity contribution >= 4 is 5.97 Å². The Morgan fingerprint density at radius 2 is 1.94 bits per heavy atom. The molecule has 0 aliphatic heterocycles. The Morgan fingerprint density at radius 1 is 1.35 bits per heavy atom. The normalized spacial score (nSPS) is 17.6. The van der Waals surface area contributed by atoms with Gasteiger partial charge in [0.25, 0.3) is 0 Å². The molecule has 1 aromatic rings. The lowest BCUT2D eigenvalue weighted by Gasteiger charge is -2.18. The van der Waals surface area contributed by atoms with Crippen molar-refractivity contribution in [1.82, 2.24) is 4.57 Å². The molecule has 2 rings (SSSR count). The molecule has 1 aromatic heterocycles. The second-order valence-electron chi connectivity index (χ2n) is 4.23. The number of aromatic carboxylic acids is 1. The molecule has 1 saturated carbocycles. The third-order valence-electron chi connectivity index (χ3n) is 3.13. The smallest absolute Gasteiger partial charge is 0.432 e. The summed E-state index contributed by atoms with van der Waals surface area (Å²) in [5.74, 6) is -1.53. The van der Waals surface area contributed by atoms with E-state index in [1.54, 1.807) is 0 Å². The summed E-state index contributed by atoms with van der Waals surface area (Å²) < 4.78 is 39.7. The molecule has 0 saturated heterocycles. The van der Waals surface area contributed by atoms with Gasteiger partial charge in [0.15, 0.2) is 0 Å². The van der Waals surface area contributed by atoms with E-state index in [-0.39, 0.29) is 6.04 Å². The minimum Gasteiger partial charge on any atom is -0.478 e. The van der Waals surface area contributed by atoms with Gasteiger partial charge in [-0.1, -0.05) is 12.8 Å². The summed E-state index contributed by atoms with van der Waals surface area (Å²) >= 11 is 0. The van der Waals surface area contributed by atoms with Crippen LogP contribution in [-0.2, 0) is 6.18 Å². The first-order chi connectivity index (χ1) is 7.91. The monoisotopic (exact) mass is 247 g/mol. The van der Waals surface area contributed by atoms with Crippen LogP contribution in [0.1, 0.15) is 47.8 Å². The van der Waals surface area contributed by atoms with Crippen LogP contribution in [0.2, 0.25) is 0 Å². The van der Waals surface area contributed by atoms with Crippen LogP contribution in [0, 0.1) is 0 Å². The molecular weight excluding hydrogens is 235 g/mol. The van der Waals surface area contributed by atoms with E-state index >= 15 is 0 Å². The van der Waals surface area contributed by atoms with Gasteiger partial charge < -0.3 is 9.67 Å². The van der Waals surface area contributed by atoms with Gasteiger partial charge in [-0.3, -0.25) is 0 Å². The molecule has 3 nitrogen and oxygen atoms in total. The molecule has 0 unspecified atom stereocenters. The van der Waals surface area contributed by atoms with Crippen LogP contribution >= 0.6 is 0 Å². The molecular formula is C11H12F3NO2. The van der Waals surface area contributed by atoms with Crippen LogP contribution in [0.3, 0.4) is 0 Å². The van der Waals surface area contributed by atoms with E-state index in [4.69, 9.17) is 5.11 Å². The average Bonchev–Trinajstić information content (AvgIpc) is 2.85. The number of nitrogens with zero attached hydrogens (tertiary/aromatic N) is 1. The lowest BCUT2D eigenvalue weighted by molar-refractivity contribution is -0.144. The van der Waals surface area contributed by atoms with Gasteiger partial charge in [-0.05, 0) is 18.9 Å². The van der Waals surface area contributed by atoms with Gasteiger partial charge in [0.1, 0.15) is 5.69 Å². The molecule has 0 amide bonds. The predicted molar refractivity (Wildman–Crippen MR) is 53.9 cm³/mol. The zero-order valence-corrected chi connectivity index (χ0v) is 9.00. The maximum absolute atomic E-state index is 12.9. The van der Waals surface area contributed by atoms with Gasteiger partial charge >= 0.3 is 12.1 Å². The molecule has 1 heterocycles. The number of halogens is 3. The number of alkyl halides is 3. The summed E-state index contributed by atoms with van der Waals surface area (Å²) in [6.07, 6.45) is -0.249. The zero-order valence-electron chi connectivity index (χ0n) is 9.00. The van der Waals surface area contributed by atoms with Crippen molar-refractivity contribution in [3.05, 3.63) is 23.5 Å². The Morgan fingerprint density at radius 3 is 2.41 bits per heavy atom. The maximum Gasteiger partial charge on any atom is 0.432 e. The summed E-state index contributed by atoms with van der Waals surface area (Å²) in [6, 6.07) is 0.809. The molecule has 0 radical (unpaired) electrons. The van der Waals surface area contributed by atoms with Crippen molar-refractivity contribution in [2.45, 2.75) is 37.9 Å². The third-order valence-corrected chi connectivity index (χ3v) is 3.13. The van der Waals surface area contributed by atoms with Crippen molar-refractivity contribution in [2.75, 3.05) is 0 Å². The number of hydrogen-bond donors (Lipinski definition) is 1. The van der Waals surface area contributed by atoms with E-state index in [2.05, 4.69) is 0 Å². The number of carbonyl (C=O) groups is 1. The Balaban J connectivity index is 2.48. The molecule has 0 bridgehead atoms. The van der Waals surface area contributed by atoms with Crippen LogP contribution < -0.4 is 0 Å². The van der Waals surface area contributed by atoms with E-state index in [0.29, 0.717) is 12.8 Å². The molecule has 0 spiro atoms. The molecule has 17 heavy (non-hydrogen) atoms. The first-order valence-electron chi connectivity index (χ1n) is 5.42. The Kier molecular flexibility index (Phi) is 2.89. The summed E-state index contributed by atoms with van der Waals surface area (Å²) in [6.45, 7) is 0. The highest BCUT2D eigenvalue weighted by Crippen LogP contribution is 2.38. The van der Waals surface area contributed by atoms with Crippen molar-refractivity contribution in [3.8, 4) is 0 Å². The fourth-order valence-electron chi connectivity index (χ4n) is 2.41. The van der Waals surface area contributed by atoms with E-state index in [9.17, 15) is 18.0 Å². The standard InChI is InChI=1S/C11H12F3NO2/c12-11(13,14)9-8(10(16)17)5-6-15(9)7-3-1-2-4-7/h5-7H,1-4H2,(H,16,17). The lowest BCUT2D eigenvalue weighted by atomic mass is 10.2. The highest BCUT2D eigenvalue weighted by Gasteiger charge is 2.40. The Labute approximate surface area is 95.9 Å². The van der Waals surface area contributed by atoms with Crippen molar-refractivity contribution in [1.29, 1.82) is 0 Å². The van der Waals surface area contributed by atoms with E-state index in [0.717, 1.165) is 23.5 Å². The fourth-order valence-corrected chi connectivity index (χ4v) is 2.41. The minimum absolute atomic E-state index is 0.222. The van der Waals surface area contributed by atoms with Gasteiger partial charge in [-0.2, -0.15) is 13.2 Å². The van der Waals surface area contributed by atoms with Gasteiger partial charge in [0.2, 0.25) is 0 Å². The SMILES string of the molecule is O=C(O)c1ccn(C2CCCC2)c1C(F)(F)F. The van der Waals surface area contributed by atoms with Crippen LogP contribution in [0.25, 0.3) is 0 Å². The first-order valence-corrected chi connectivity index (χ1v) is 5.42. The highest BCUT2D eigenvalue weighted by atomic mass is 19.4. The number of carboxylic acids is 1. The van der Waals surface area contributed by atoms with E-state index < -0.39 is 23.4 Å². The second kappa shape index (κ2) is 4.09. The van der Waals surface area contributed by atoms with Crippen molar-refractivity contribution in [2.24, 2.45) is 0 Å². The third kappa shape index (κ3) is 2.16. The topological polar surface area (TPSA) is 42.2 Å². The zero-order chi connectivity index (χ0) is 12.6. The number of hydrogen-bond acceptors (Lipinski definition) is 1. The maximum atomic E-state index is 12.9. The fraction of sp³-hybridized carbons (Fsp3) is 0.545. The quantitative estimate of drug-likeness (QED) is 0.871. The molecule has 1 N–H and O–H groups in total. The van der Waals surface area contributed by atoms with Crippen molar-refractivity contribution < 1.29 is 23.1 Å². The molecule has 0 atom stereocenters. The highest BCUT2D eigenvalue weighted by molar-refractivity contribution is 5.89. The molecule has 1 aliphatic carbocycles. The van der Waals surface area contributed by atoms with Gasteiger partial charge in [0, 0.05) is 12.2 Å². The van der Waals surface area contributed by atoms with E-state index in [1.165, 1.54) is 6.20 Å². The summed E-state index contributed by atoms with van der Waals surface area (Å²) in [5, 5.41) is 8.77. The number of rotatable bonds is 2. The number of carboxylic acid groups (broad SMARTS) is 1. The average molecular weight is 247 g/mol. The van der Waals surface area contributed by atoms with Gasteiger partial charge in [-0.25, -0.2) is 4.79 Å². The van der Waals surface area contributed by atoms with Crippen molar-refractivity contribution in [3.63, 3.8) is 0 Å². The molecule has 0 aromatic carbocycles. The van der Waals surface area contributed by atoms with Crippen LogP contribution in [-0.4, -0.2) is 15.6 Å². The van der Waals surface area contributed by atoms with Gasteiger partial charge in [0.05, 0.1) is 5.56 Å². The summed E-state index contributed by atoms with van der Waals surface area (Å²) in [4.78, 5) is 10.8. The second-order valence-corrected chi connectivity index (χ2v) is 4.23. The molecule has 94 valence electrons. The summed E-state index contributed by atoms with van der Waals surface area (Å²) in [7, 11) is 0. The number of aromatic nitrogens is 1. The molecule has 6 heteroatoms. The first kappa shape index (κ1) is 12.0. The van der Waals surface area contributed by atoms with Crippen LogP contribution in [0.5, 0.6) is 0 Å². The van der Waals surface area contributed by atoms with Crippen LogP contribution in [0.4, 0.5) is 13.2 Å². The van der Waals surface area contributed by atoms with E-state index in [1.807, 2.05) is 0 Å². The largest absolute Gasteiger partial charge is 0.478 e. The molecule has 1 aliphatic rings.